The van der Waals surface area contributed by atoms with Crippen molar-refractivity contribution in [1.29, 1.82) is 0 Å². The second-order valence-electron chi connectivity index (χ2n) is 7.13. The maximum Gasteiger partial charge on any atom is 0.220 e. The van der Waals surface area contributed by atoms with Crippen LogP contribution in [0.1, 0.15) is 84.0 Å². The van der Waals surface area contributed by atoms with Gasteiger partial charge in [0.25, 0.3) is 0 Å². The van der Waals surface area contributed by atoms with Crippen molar-refractivity contribution < 1.29 is 24.7 Å². The summed E-state index contributed by atoms with van der Waals surface area (Å²) in [5.74, 6) is -1.02. The zero-order chi connectivity index (χ0) is 19.5. The summed E-state index contributed by atoms with van der Waals surface area (Å²) < 4.78 is 0. The Bertz CT molecular complexity index is 351. The molecule has 1 amide bonds. The van der Waals surface area contributed by atoms with Gasteiger partial charge in [0, 0.05) is 18.8 Å². The normalized spacial score (nSPS) is 12.1. The van der Waals surface area contributed by atoms with Gasteiger partial charge < -0.3 is 25.2 Å². The van der Waals surface area contributed by atoms with Gasteiger partial charge in [0.1, 0.15) is 6.54 Å². The van der Waals surface area contributed by atoms with Crippen molar-refractivity contribution in [3.63, 3.8) is 0 Å². The number of hydrogen-bond acceptors (Lipinski definition) is 4. The molecule has 0 rings (SSSR count). The Morgan fingerprint density at radius 2 is 1.42 bits per heavy atom. The number of aliphatic hydroxyl groups is 1. The van der Waals surface area contributed by atoms with E-state index in [2.05, 4.69) is 12.2 Å². The lowest BCUT2D eigenvalue weighted by molar-refractivity contribution is -0.898. The van der Waals surface area contributed by atoms with Crippen molar-refractivity contribution in [3.05, 3.63) is 0 Å². The van der Waals surface area contributed by atoms with E-state index in [0.29, 0.717) is 32.6 Å². The lowest BCUT2D eigenvalue weighted by Gasteiger charge is -2.19. The van der Waals surface area contributed by atoms with E-state index in [4.69, 9.17) is 5.11 Å². The second kappa shape index (κ2) is 18.6. The average Bonchev–Trinajstić information content (AvgIpc) is 2.61. The third-order valence-electron chi connectivity index (χ3n) is 4.71. The molecule has 6 heteroatoms. The molecule has 154 valence electrons. The smallest absolute Gasteiger partial charge is 0.220 e. The minimum absolute atomic E-state index is 0.00886. The van der Waals surface area contributed by atoms with Gasteiger partial charge in [0.2, 0.25) is 5.91 Å². The van der Waals surface area contributed by atoms with Crippen LogP contribution in [0.2, 0.25) is 0 Å². The van der Waals surface area contributed by atoms with Crippen LogP contribution in [-0.2, 0) is 9.59 Å². The summed E-state index contributed by atoms with van der Waals surface area (Å²) in [5, 5.41) is 22.4. The van der Waals surface area contributed by atoms with Crippen LogP contribution in [0.3, 0.4) is 0 Å². The van der Waals surface area contributed by atoms with Gasteiger partial charge in [-0.05, 0) is 6.42 Å². The molecule has 3 N–H and O–H groups in total. The predicted octanol–water partition coefficient (Wildman–Crippen LogP) is 0.431. The fraction of sp³-hybridized carbons (Fsp3) is 0.900. The molecule has 1 unspecified atom stereocenters. The largest absolute Gasteiger partial charge is 0.550 e. The van der Waals surface area contributed by atoms with Crippen molar-refractivity contribution in [2.45, 2.75) is 84.0 Å². The van der Waals surface area contributed by atoms with Crippen LogP contribution in [0.5, 0.6) is 0 Å². The molecule has 0 spiro atoms. The first-order chi connectivity index (χ1) is 12.6. The molecule has 0 aromatic heterocycles. The minimum atomic E-state index is -1.08. The Labute approximate surface area is 159 Å². The number of unbranched alkanes of at least 4 members (excludes halogenated alkanes) is 9. The number of nitrogens with one attached hydrogen (secondary N) is 2. The zero-order valence-electron chi connectivity index (χ0n) is 16.7. The van der Waals surface area contributed by atoms with Crippen LogP contribution in [0.4, 0.5) is 0 Å². The number of carbonyl (C=O) groups excluding carboxylic acids is 2. The molecule has 0 aromatic carbocycles. The van der Waals surface area contributed by atoms with Crippen LogP contribution in [0.15, 0.2) is 0 Å². The summed E-state index contributed by atoms with van der Waals surface area (Å²) in [5.41, 5.74) is 0. The first kappa shape index (κ1) is 24.9. The van der Waals surface area contributed by atoms with E-state index in [1.807, 2.05) is 0 Å². The Morgan fingerprint density at radius 1 is 0.846 bits per heavy atom. The molecule has 0 saturated carbocycles. The van der Waals surface area contributed by atoms with Gasteiger partial charge in [0.15, 0.2) is 0 Å². The number of carbonyl (C=O) groups is 2. The van der Waals surface area contributed by atoms with Crippen molar-refractivity contribution in [2.24, 2.45) is 0 Å². The summed E-state index contributed by atoms with van der Waals surface area (Å²) in [4.78, 5) is 23.3. The molecule has 1 atom stereocenters. The third-order valence-corrected chi connectivity index (χ3v) is 4.71. The van der Waals surface area contributed by atoms with Gasteiger partial charge in [-0.25, -0.2) is 0 Å². The highest BCUT2D eigenvalue weighted by Crippen LogP contribution is 2.11. The van der Waals surface area contributed by atoms with Crippen LogP contribution < -0.4 is 15.3 Å². The summed E-state index contributed by atoms with van der Waals surface area (Å²) in [6, 6.07) is 0. The van der Waals surface area contributed by atoms with E-state index in [1.54, 1.807) is 0 Å². The Balaban J connectivity index is 3.51. The molecular formula is C20H40N2O4. The zero-order valence-corrected chi connectivity index (χ0v) is 16.7. The Morgan fingerprint density at radius 3 is 1.96 bits per heavy atom. The first-order valence-corrected chi connectivity index (χ1v) is 10.5. The fourth-order valence-electron chi connectivity index (χ4n) is 3.05. The molecule has 0 radical (unpaired) electrons. The first-order valence-electron chi connectivity index (χ1n) is 10.5. The molecule has 6 nitrogen and oxygen atoms in total. The van der Waals surface area contributed by atoms with Crippen LogP contribution in [0.25, 0.3) is 0 Å². The molecule has 0 fully saturated rings. The van der Waals surface area contributed by atoms with E-state index in [9.17, 15) is 14.7 Å². The van der Waals surface area contributed by atoms with E-state index in [0.717, 1.165) is 17.7 Å². The predicted molar refractivity (Wildman–Crippen MR) is 102 cm³/mol. The molecule has 0 heterocycles. The molecule has 0 aliphatic heterocycles. The van der Waals surface area contributed by atoms with Gasteiger partial charge in [-0.15, -0.1) is 0 Å². The van der Waals surface area contributed by atoms with Gasteiger partial charge in [0.05, 0.1) is 26.2 Å². The number of carboxylic acid groups (broad SMARTS) is 1. The van der Waals surface area contributed by atoms with Gasteiger partial charge in [-0.2, -0.15) is 0 Å². The van der Waals surface area contributed by atoms with Crippen molar-refractivity contribution in [2.75, 3.05) is 32.8 Å². The highest BCUT2D eigenvalue weighted by atomic mass is 16.4. The summed E-state index contributed by atoms with van der Waals surface area (Å²) >= 11 is 0. The highest BCUT2D eigenvalue weighted by molar-refractivity contribution is 5.75. The lowest BCUT2D eigenvalue weighted by atomic mass is 10.1. The standard InChI is InChI=1S/C20H40N2O4/c1-2-3-4-5-6-7-8-9-10-11-12-19(24)21-14-16-22(17-18-23)15-13-20(25)26/h23H,2-18H2,1H3,(H,21,24)(H,25,26). The molecule has 0 aromatic rings. The van der Waals surface area contributed by atoms with Crippen LogP contribution in [-0.4, -0.2) is 49.8 Å². The van der Waals surface area contributed by atoms with Gasteiger partial charge >= 0.3 is 0 Å². The van der Waals surface area contributed by atoms with Crippen molar-refractivity contribution >= 4 is 11.9 Å². The number of rotatable bonds is 19. The maximum absolute atomic E-state index is 11.8. The number of hydrogen-bond donors (Lipinski definition) is 3. The number of quaternary nitrogens is 1. The quantitative estimate of drug-likeness (QED) is 0.287. The summed E-state index contributed by atoms with van der Waals surface area (Å²) in [6.07, 6.45) is 13.1. The Kier molecular flexibility index (Phi) is 17.8. The number of aliphatic carboxylic acids is 1. The monoisotopic (exact) mass is 372 g/mol. The van der Waals surface area contributed by atoms with E-state index >= 15 is 0 Å². The molecule has 0 aliphatic carbocycles. The highest BCUT2D eigenvalue weighted by Gasteiger charge is 2.08. The number of aliphatic hydroxyl groups excluding tert-OH is 1. The number of amides is 1. The van der Waals surface area contributed by atoms with Crippen molar-refractivity contribution in [1.82, 2.24) is 5.32 Å². The average molecular weight is 373 g/mol. The maximum atomic E-state index is 11.8. The molecule has 0 saturated heterocycles. The Hall–Kier alpha value is -1.14. The molecular weight excluding hydrogens is 332 g/mol. The van der Waals surface area contributed by atoms with Gasteiger partial charge in [-0.1, -0.05) is 64.7 Å². The van der Waals surface area contributed by atoms with E-state index < -0.39 is 5.97 Å². The van der Waals surface area contributed by atoms with Crippen LogP contribution in [0, 0.1) is 0 Å². The van der Waals surface area contributed by atoms with E-state index in [-0.39, 0.29) is 18.9 Å². The molecule has 0 bridgehead atoms. The minimum Gasteiger partial charge on any atom is -0.550 e. The molecule has 0 aliphatic rings. The second-order valence-corrected chi connectivity index (χ2v) is 7.13. The van der Waals surface area contributed by atoms with Crippen LogP contribution >= 0.6 is 0 Å². The lowest BCUT2D eigenvalue weighted by Crippen LogP contribution is -3.13. The SMILES string of the molecule is CCCCCCCCCCCCC(=O)NCC[NH+](CCO)CCC(=O)[O-]. The third kappa shape index (κ3) is 17.7. The van der Waals surface area contributed by atoms with E-state index in [1.165, 1.54) is 51.4 Å². The molecule has 26 heavy (non-hydrogen) atoms. The summed E-state index contributed by atoms with van der Waals surface area (Å²) in [7, 11) is 0. The number of carboxylic acids is 1. The topological polar surface area (TPSA) is 93.9 Å². The van der Waals surface area contributed by atoms with Gasteiger partial charge in [-0.3, -0.25) is 4.79 Å². The fourth-order valence-corrected chi connectivity index (χ4v) is 3.05. The summed E-state index contributed by atoms with van der Waals surface area (Å²) in [6.45, 7) is 4.28. The van der Waals surface area contributed by atoms with Crippen molar-refractivity contribution in [3.8, 4) is 0 Å².